The summed E-state index contributed by atoms with van der Waals surface area (Å²) in [4.78, 5) is 15.4. The fraction of sp³-hybridized carbons (Fsp3) is 0.364. The van der Waals surface area contributed by atoms with Crippen molar-refractivity contribution >= 4 is 11.6 Å². The number of rotatable bonds is 2. The van der Waals surface area contributed by atoms with Gasteiger partial charge in [0.25, 0.3) is 5.91 Å². The third-order valence-corrected chi connectivity index (χ3v) is 2.44. The SMILES string of the molecule is O=C(NN=C1CCCC1)c1ccncc1. The summed E-state index contributed by atoms with van der Waals surface area (Å²) in [5.74, 6) is -0.170. The van der Waals surface area contributed by atoms with Crippen molar-refractivity contribution in [1.82, 2.24) is 10.4 Å². The Kier molecular flexibility index (Phi) is 3.07. The lowest BCUT2D eigenvalue weighted by molar-refractivity contribution is 0.0954. The number of hydrogen-bond acceptors (Lipinski definition) is 3. The maximum atomic E-state index is 11.6. The average Bonchev–Trinajstić information content (AvgIpc) is 2.80. The molecule has 0 bridgehead atoms. The standard InChI is InChI=1S/C11H13N3O/c15-11(9-5-7-12-8-6-9)14-13-10-3-1-2-4-10/h5-8H,1-4H2,(H,14,15). The number of hydrogen-bond donors (Lipinski definition) is 1. The molecule has 1 aliphatic rings. The highest BCUT2D eigenvalue weighted by atomic mass is 16.2. The summed E-state index contributed by atoms with van der Waals surface area (Å²) in [5.41, 5.74) is 4.25. The van der Waals surface area contributed by atoms with Crippen molar-refractivity contribution in [3.63, 3.8) is 0 Å². The van der Waals surface area contributed by atoms with Crippen molar-refractivity contribution in [2.45, 2.75) is 25.7 Å². The molecule has 1 N–H and O–H groups in total. The third-order valence-electron chi connectivity index (χ3n) is 2.44. The summed E-state index contributed by atoms with van der Waals surface area (Å²) in [6, 6.07) is 3.34. The topological polar surface area (TPSA) is 54.4 Å². The van der Waals surface area contributed by atoms with Gasteiger partial charge in [-0.1, -0.05) is 0 Å². The minimum atomic E-state index is -0.170. The molecule has 15 heavy (non-hydrogen) atoms. The van der Waals surface area contributed by atoms with Gasteiger partial charge in [0.05, 0.1) is 0 Å². The molecule has 1 amide bonds. The first-order valence-electron chi connectivity index (χ1n) is 5.12. The Morgan fingerprint density at radius 1 is 1.27 bits per heavy atom. The van der Waals surface area contributed by atoms with Gasteiger partial charge in [-0.2, -0.15) is 5.10 Å². The van der Waals surface area contributed by atoms with Crippen LogP contribution >= 0.6 is 0 Å². The number of nitrogens with one attached hydrogen (secondary N) is 1. The van der Waals surface area contributed by atoms with Gasteiger partial charge in [-0.15, -0.1) is 0 Å². The number of carbonyl (C=O) groups excluding carboxylic acids is 1. The molecule has 4 nitrogen and oxygen atoms in total. The van der Waals surface area contributed by atoms with Gasteiger partial charge in [-0.3, -0.25) is 9.78 Å². The number of pyridine rings is 1. The summed E-state index contributed by atoms with van der Waals surface area (Å²) in [6.07, 6.45) is 7.58. The molecule has 1 aromatic heterocycles. The minimum absolute atomic E-state index is 0.170. The normalized spacial score (nSPS) is 15.1. The molecule has 0 aromatic carbocycles. The van der Waals surface area contributed by atoms with Crippen LogP contribution in [-0.2, 0) is 0 Å². The van der Waals surface area contributed by atoms with Crippen LogP contribution in [0.25, 0.3) is 0 Å². The van der Waals surface area contributed by atoms with E-state index < -0.39 is 0 Å². The van der Waals surface area contributed by atoms with Gasteiger partial charge in [0.1, 0.15) is 0 Å². The maximum Gasteiger partial charge on any atom is 0.271 e. The van der Waals surface area contributed by atoms with E-state index in [2.05, 4.69) is 15.5 Å². The molecule has 1 heterocycles. The van der Waals surface area contributed by atoms with Crippen LogP contribution in [0.4, 0.5) is 0 Å². The molecule has 0 spiro atoms. The summed E-state index contributed by atoms with van der Waals surface area (Å²) >= 11 is 0. The molecular weight excluding hydrogens is 190 g/mol. The molecule has 0 unspecified atom stereocenters. The van der Waals surface area contributed by atoms with Crippen LogP contribution in [0.5, 0.6) is 0 Å². The summed E-state index contributed by atoms with van der Waals surface area (Å²) < 4.78 is 0. The van der Waals surface area contributed by atoms with Crippen molar-refractivity contribution < 1.29 is 4.79 Å². The first-order chi connectivity index (χ1) is 7.36. The zero-order chi connectivity index (χ0) is 10.5. The van der Waals surface area contributed by atoms with E-state index in [4.69, 9.17) is 0 Å². The smallest absolute Gasteiger partial charge is 0.267 e. The highest BCUT2D eigenvalue weighted by Crippen LogP contribution is 2.13. The lowest BCUT2D eigenvalue weighted by atomic mass is 10.2. The van der Waals surface area contributed by atoms with E-state index in [1.165, 1.54) is 12.8 Å². The maximum absolute atomic E-state index is 11.6. The molecule has 0 radical (unpaired) electrons. The Hall–Kier alpha value is -1.71. The van der Waals surface area contributed by atoms with E-state index in [0.29, 0.717) is 5.56 Å². The zero-order valence-corrected chi connectivity index (χ0v) is 8.44. The van der Waals surface area contributed by atoms with E-state index in [9.17, 15) is 4.79 Å². The molecule has 0 aliphatic heterocycles. The van der Waals surface area contributed by atoms with Gasteiger partial charge in [0.15, 0.2) is 0 Å². The van der Waals surface area contributed by atoms with E-state index in [0.717, 1.165) is 18.6 Å². The molecule has 1 aliphatic carbocycles. The summed E-state index contributed by atoms with van der Waals surface area (Å²) in [6.45, 7) is 0. The Morgan fingerprint density at radius 3 is 2.60 bits per heavy atom. The lowest BCUT2D eigenvalue weighted by Crippen LogP contribution is -2.18. The number of aromatic nitrogens is 1. The van der Waals surface area contributed by atoms with Crippen LogP contribution in [0, 0.1) is 0 Å². The average molecular weight is 203 g/mol. The predicted molar refractivity (Wildman–Crippen MR) is 57.6 cm³/mol. The highest BCUT2D eigenvalue weighted by molar-refractivity contribution is 5.95. The first-order valence-corrected chi connectivity index (χ1v) is 5.12. The fourth-order valence-electron chi connectivity index (χ4n) is 1.59. The lowest BCUT2D eigenvalue weighted by Gasteiger charge is -2.00. The van der Waals surface area contributed by atoms with Gasteiger partial charge >= 0.3 is 0 Å². The third kappa shape index (κ3) is 2.62. The van der Waals surface area contributed by atoms with Crippen molar-refractivity contribution in [2.75, 3.05) is 0 Å². The van der Waals surface area contributed by atoms with Gasteiger partial charge in [-0.25, -0.2) is 5.43 Å². The zero-order valence-electron chi connectivity index (χ0n) is 8.44. The molecule has 4 heteroatoms. The summed E-state index contributed by atoms with van der Waals surface area (Å²) in [7, 11) is 0. The van der Waals surface area contributed by atoms with E-state index >= 15 is 0 Å². The van der Waals surface area contributed by atoms with E-state index in [-0.39, 0.29) is 5.91 Å². The van der Waals surface area contributed by atoms with Crippen LogP contribution < -0.4 is 5.43 Å². The van der Waals surface area contributed by atoms with Crippen molar-refractivity contribution in [3.8, 4) is 0 Å². The van der Waals surface area contributed by atoms with E-state index in [1.54, 1.807) is 24.5 Å². The van der Waals surface area contributed by atoms with Gasteiger partial charge < -0.3 is 0 Å². The van der Waals surface area contributed by atoms with Crippen molar-refractivity contribution in [3.05, 3.63) is 30.1 Å². The van der Waals surface area contributed by atoms with Crippen LogP contribution in [-0.4, -0.2) is 16.6 Å². The van der Waals surface area contributed by atoms with Crippen molar-refractivity contribution in [2.24, 2.45) is 5.10 Å². The van der Waals surface area contributed by atoms with Crippen LogP contribution in [0.15, 0.2) is 29.6 Å². The Labute approximate surface area is 88.4 Å². The minimum Gasteiger partial charge on any atom is -0.267 e. The van der Waals surface area contributed by atoms with Gasteiger partial charge in [0.2, 0.25) is 0 Å². The van der Waals surface area contributed by atoms with Gasteiger partial charge in [0, 0.05) is 23.7 Å². The van der Waals surface area contributed by atoms with Gasteiger partial charge in [-0.05, 0) is 37.8 Å². The molecule has 2 rings (SSSR count). The Balaban J connectivity index is 1.95. The van der Waals surface area contributed by atoms with E-state index in [1.807, 2.05) is 0 Å². The predicted octanol–water partition coefficient (Wildman–Crippen LogP) is 1.74. The highest BCUT2D eigenvalue weighted by Gasteiger charge is 2.09. The van der Waals surface area contributed by atoms with Crippen molar-refractivity contribution in [1.29, 1.82) is 0 Å². The number of nitrogens with zero attached hydrogens (tertiary/aromatic N) is 2. The monoisotopic (exact) mass is 203 g/mol. The van der Waals surface area contributed by atoms with Crippen LogP contribution in [0.3, 0.4) is 0 Å². The molecule has 0 saturated heterocycles. The Bertz CT molecular complexity index is 365. The quantitative estimate of drug-likeness (QED) is 0.744. The fourth-order valence-corrected chi connectivity index (χ4v) is 1.59. The second-order valence-corrected chi connectivity index (χ2v) is 3.56. The van der Waals surface area contributed by atoms with Crippen LogP contribution in [0.2, 0.25) is 0 Å². The molecule has 78 valence electrons. The number of carbonyl (C=O) groups is 1. The summed E-state index contributed by atoms with van der Waals surface area (Å²) in [5, 5.41) is 4.10. The van der Waals surface area contributed by atoms with Crippen LogP contribution in [0.1, 0.15) is 36.0 Å². The first kappa shape index (κ1) is 9.83. The molecule has 1 saturated carbocycles. The number of hydrazone groups is 1. The second-order valence-electron chi connectivity index (χ2n) is 3.56. The molecule has 1 aromatic rings. The Morgan fingerprint density at radius 2 is 1.93 bits per heavy atom. The molecule has 0 atom stereocenters. The largest absolute Gasteiger partial charge is 0.271 e. The molecule has 1 fully saturated rings. The molecular formula is C11H13N3O. The second kappa shape index (κ2) is 4.68. The number of amides is 1.